The maximum Gasteiger partial charge on any atom is 0.139 e. The summed E-state index contributed by atoms with van der Waals surface area (Å²) in [5.74, 6) is 0.900. The number of hydrogen-bond donors (Lipinski definition) is 2. The van der Waals surface area contributed by atoms with E-state index in [2.05, 4.69) is 19.5 Å². The second kappa shape index (κ2) is 3.56. The van der Waals surface area contributed by atoms with Crippen LogP contribution in [0.3, 0.4) is 0 Å². The first-order valence-electron chi connectivity index (χ1n) is 5.64. The zero-order valence-corrected chi connectivity index (χ0v) is 9.81. The van der Waals surface area contributed by atoms with Gasteiger partial charge in [-0.25, -0.2) is 9.97 Å². The Morgan fingerprint density at radius 3 is 3.12 bits per heavy atom. The quantitative estimate of drug-likeness (QED) is 0.705. The third-order valence-corrected chi connectivity index (χ3v) is 3.12. The molecule has 3 rings (SSSR count). The molecule has 3 aromatic rings. The summed E-state index contributed by atoms with van der Waals surface area (Å²) < 4.78 is 2.06. The predicted molar refractivity (Wildman–Crippen MR) is 65.9 cm³/mol. The fourth-order valence-electron chi connectivity index (χ4n) is 2.33. The SMILES string of the molecule is Cc1nc2cnc3[nH]ccc3c2n1[C@H](C)CO. The first-order valence-corrected chi connectivity index (χ1v) is 5.64. The number of nitrogens with one attached hydrogen (secondary N) is 1. The Hall–Kier alpha value is -1.88. The third kappa shape index (κ3) is 1.36. The van der Waals surface area contributed by atoms with Gasteiger partial charge in [0.1, 0.15) is 17.0 Å². The number of aromatic nitrogens is 4. The summed E-state index contributed by atoms with van der Waals surface area (Å²) >= 11 is 0. The Kier molecular flexibility index (Phi) is 2.16. The monoisotopic (exact) mass is 230 g/mol. The van der Waals surface area contributed by atoms with Gasteiger partial charge in [-0.05, 0) is 19.9 Å². The molecule has 1 atom stereocenters. The Balaban J connectivity index is 2.46. The molecule has 0 spiro atoms. The predicted octanol–water partition coefficient (Wildman–Crippen LogP) is 1.77. The van der Waals surface area contributed by atoms with Gasteiger partial charge in [-0.2, -0.15) is 0 Å². The summed E-state index contributed by atoms with van der Waals surface area (Å²) in [5.41, 5.74) is 2.76. The van der Waals surface area contributed by atoms with Gasteiger partial charge < -0.3 is 14.7 Å². The van der Waals surface area contributed by atoms with Crippen LogP contribution in [0.15, 0.2) is 18.5 Å². The minimum absolute atomic E-state index is 0.0144. The van der Waals surface area contributed by atoms with Crippen molar-refractivity contribution in [3.8, 4) is 0 Å². The molecule has 3 heterocycles. The Labute approximate surface area is 98.1 Å². The molecule has 0 saturated heterocycles. The summed E-state index contributed by atoms with van der Waals surface area (Å²) in [6, 6.07) is 2.01. The van der Waals surface area contributed by atoms with E-state index >= 15 is 0 Å². The molecule has 5 nitrogen and oxygen atoms in total. The summed E-state index contributed by atoms with van der Waals surface area (Å²) in [6.45, 7) is 4.03. The Morgan fingerprint density at radius 1 is 1.53 bits per heavy atom. The van der Waals surface area contributed by atoms with Crippen molar-refractivity contribution >= 4 is 22.1 Å². The van der Waals surface area contributed by atoms with Crippen LogP contribution in [-0.4, -0.2) is 31.2 Å². The average molecular weight is 230 g/mol. The summed E-state index contributed by atoms with van der Waals surface area (Å²) in [5, 5.41) is 10.4. The Bertz CT molecular complexity index is 682. The highest BCUT2D eigenvalue weighted by atomic mass is 16.3. The van der Waals surface area contributed by atoms with Crippen LogP contribution in [0.4, 0.5) is 0 Å². The molecule has 0 unspecified atom stereocenters. The molecule has 17 heavy (non-hydrogen) atoms. The van der Waals surface area contributed by atoms with Gasteiger partial charge >= 0.3 is 0 Å². The third-order valence-electron chi connectivity index (χ3n) is 3.12. The van der Waals surface area contributed by atoms with Gasteiger partial charge in [0.25, 0.3) is 0 Å². The van der Waals surface area contributed by atoms with Gasteiger partial charge in [-0.15, -0.1) is 0 Å². The van der Waals surface area contributed by atoms with E-state index in [1.165, 1.54) is 0 Å². The van der Waals surface area contributed by atoms with E-state index < -0.39 is 0 Å². The molecule has 0 radical (unpaired) electrons. The molecular weight excluding hydrogens is 216 g/mol. The fraction of sp³-hybridized carbons (Fsp3) is 0.333. The van der Waals surface area contributed by atoms with Gasteiger partial charge in [0.05, 0.1) is 24.4 Å². The topological polar surface area (TPSA) is 66.7 Å². The van der Waals surface area contributed by atoms with E-state index in [0.717, 1.165) is 27.9 Å². The van der Waals surface area contributed by atoms with Crippen LogP contribution in [0.1, 0.15) is 18.8 Å². The number of hydrogen-bond acceptors (Lipinski definition) is 3. The first kappa shape index (κ1) is 10.3. The van der Waals surface area contributed by atoms with Gasteiger partial charge in [-0.3, -0.25) is 0 Å². The molecule has 88 valence electrons. The van der Waals surface area contributed by atoms with Gasteiger partial charge in [0, 0.05) is 11.6 Å². The average Bonchev–Trinajstić information content (AvgIpc) is 2.90. The lowest BCUT2D eigenvalue weighted by Gasteiger charge is -2.13. The second-order valence-electron chi connectivity index (χ2n) is 4.29. The number of aromatic amines is 1. The van der Waals surface area contributed by atoms with Crippen molar-refractivity contribution in [3.05, 3.63) is 24.3 Å². The number of aliphatic hydroxyl groups is 1. The van der Waals surface area contributed by atoms with E-state index in [1.807, 2.05) is 26.1 Å². The number of aryl methyl sites for hydroxylation is 1. The van der Waals surface area contributed by atoms with Crippen molar-refractivity contribution in [1.82, 2.24) is 19.5 Å². The van der Waals surface area contributed by atoms with Crippen LogP contribution >= 0.6 is 0 Å². The lowest BCUT2D eigenvalue weighted by Crippen LogP contribution is -2.10. The van der Waals surface area contributed by atoms with Crippen LogP contribution in [0.5, 0.6) is 0 Å². The normalized spacial score (nSPS) is 13.6. The molecule has 0 aliphatic heterocycles. The first-order chi connectivity index (χ1) is 8.22. The summed E-state index contributed by atoms with van der Waals surface area (Å²) in [6.07, 6.45) is 3.63. The second-order valence-corrected chi connectivity index (χ2v) is 4.29. The van der Waals surface area contributed by atoms with Crippen molar-refractivity contribution < 1.29 is 5.11 Å². The highest BCUT2D eigenvalue weighted by molar-refractivity contribution is 6.01. The van der Waals surface area contributed by atoms with E-state index in [-0.39, 0.29) is 12.6 Å². The molecule has 0 aliphatic carbocycles. The molecule has 0 aliphatic rings. The zero-order valence-electron chi connectivity index (χ0n) is 9.81. The van der Waals surface area contributed by atoms with Crippen LogP contribution < -0.4 is 0 Å². The van der Waals surface area contributed by atoms with Gasteiger partial charge in [-0.1, -0.05) is 0 Å². The number of H-pyrrole nitrogens is 1. The molecule has 5 heteroatoms. The largest absolute Gasteiger partial charge is 0.394 e. The number of pyridine rings is 1. The standard InChI is InChI=1S/C12H14N4O/c1-7(6-17)16-8(2)15-10-5-14-12-9(11(10)16)3-4-13-12/h3-5,7,17H,6H2,1-2H3,(H,13,14)/t7-/m1/s1. The molecule has 0 aromatic carbocycles. The lowest BCUT2D eigenvalue weighted by molar-refractivity contribution is 0.240. The van der Waals surface area contributed by atoms with Crippen LogP contribution in [0, 0.1) is 6.92 Å². The summed E-state index contributed by atoms with van der Waals surface area (Å²) in [4.78, 5) is 11.9. The highest BCUT2D eigenvalue weighted by Crippen LogP contribution is 2.26. The van der Waals surface area contributed by atoms with E-state index in [9.17, 15) is 5.11 Å². The molecular formula is C12H14N4O. The number of rotatable bonds is 2. The van der Waals surface area contributed by atoms with Gasteiger partial charge in [0.15, 0.2) is 0 Å². The van der Waals surface area contributed by atoms with Crippen molar-refractivity contribution in [2.24, 2.45) is 0 Å². The molecule has 0 fully saturated rings. The molecule has 0 amide bonds. The van der Waals surface area contributed by atoms with E-state index in [4.69, 9.17) is 0 Å². The van der Waals surface area contributed by atoms with E-state index in [0.29, 0.717) is 0 Å². The van der Waals surface area contributed by atoms with Crippen molar-refractivity contribution in [2.75, 3.05) is 6.61 Å². The molecule has 0 saturated carbocycles. The lowest BCUT2D eigenvalue weighted by atomic mass is 10.2. The van der Waals surface area contributed by atoms with Crippen molar-refractivity contribution in [3.63, 3.8) is 0 Å². The number of fused-ring (bicyclic) bond motifs is 3. The Morgan fingerprint density at radius 2 is 2.35 bits per heavy atom. The van der Waals surface area contributed by atoms with Crippen LogP contribution in [0.25, 0.3) is 22.1 Å². The molecule has 3 aromatic heterocycles. The van der Waals surface area contributed by atoms with E-state index in [1.54, 1.807) is 6.20 Å². The highest BCUT2D eigenvalue weighted by Gasteiger charge is 2.15. The van der Waals surface area contributed by atoms with Gasteiger partial charge in [0.2, 0.25) is 0 Å². The number of imidazole rings is 1. The minimum atomic E-state index is 0.0144. The van der Waals surface area contributed by atoms with Crippen molar-refractivity contribution in [1.29, 1.82) is 0 Å². The smallest absolute Gasteiger partial charge is 0.139 e. The maximum absolute atomic E-state index is 9.34. The van der Waals surface area contributed by atoms with Crippen LogP contribution in [0.2, 0.25) is 0 Å². The molecule has 2 N–H and O–H groups in total. The van der Waals surface area contributed by atoms with Crippen LogP contribution in [-0.2, 0) is 0 Å². The molecule has 0 bridgehead atoms. The number of nitrogens with zero attached hydrogens (tertiary/aromatic N) is 3. The fourth-order valence-corrected chi connectivity index (χ4v) is 2.33. The zero-order chi connectivity index (χ0) is 12.0. The van der Waals surface area contributed by atoms with Crippen molar-refractivity contribution in [2.45, 2.75) is 19.9 Å². The number of aliphatic hydroxyl groups excluding tert-OH is 1. The minimum Gasteiger partial charge on any atom is -0.394 e. The summed E-state index contributed by atoms with van der Waals surface area (Å²) in [7, 11) is 0. The maximum atomic E-state index is 9.34.